The first-order chi connectivity index (χ1) is 24.9. The zero-order chi connectivity index (χ0) is 39.7. The van der Waals surface area contributed by atoms with E-state index in [-0.39, 0.29) is 43.4 Å². The summed E-state index contributed by atoms with van der Waals surface area (Å²) in [7, 11) is 0. The summed E-state index contributed by atoms with van der Waals surface area (Å²) in [4.78, 5) is 78.2. The Balaban J connectivity index is 2.18. The average Bonchev–Trinajstić information content (AvgIpc) is 3.06. The number of hydrogen-bond acceptors (Lipinski definition) is 7. The SMILES string of the molecule is CC(=O)N[C@@H](Cc1ccccc1)C(=O)N[C@@H](CC(C)C)C(=O)N[C@@H](CC(C)C)[C@@H](O)CC(=O)N[C@@H](CC(C)C)C(=O)N[C@@H](Cc1ccccc1)C(N)=O. The second-order valence-electron chi connectivity index (χ2n) is 15.1. The second-order valence-corrected chi connectivity index (χ2v) is 15.1. The van der Waals surface area contributed by atoms with E-state index in [1.165, 1.54) is 6.92 Å². The van der Waals surface area contributed by atoms with E-state index in [4.69, 9.17) is 5.73 Å². The molecule has 0 spiro atoms. The van der Waals surface area contributed by atoms with E-state index >= 15 is 0 Å². The van der Waals surface area contributed by atoms with Gasteiger partial charge in [-0.1, -0.05) is 102 Å². The lowest BCUT2D eigenvalue weighted by Crippen LogP contribution is -2.57. The molecule has 2 aromatic rings. The molecular weight excluding hydrogens is 676 g/mol. The molecule has 2 aromatic carbocycles. The first-order valence-electron chi connectivity index (χ1n) is 18.5. The van der Waals surface area contributed by atoms with Gasteiger partial charge in [-0.25, -0.2) is 0 Å². The molecule has 0 unspecified atom stereocenters. The van der Waals surface area contributed by atoms with Gasteiger partial charge < -0.3 is 37.4 Å². The van der Waals surface area contributed by atoms with Gasteiger partial charge in [-0.05, 0) is 48.1 Å². The Labute approximate surface area is 314 Å². The number of aliphatic hydroxyl groups is 1. The summed E-state index contributed by atoms with van der Waals surface area (Å²) in [5.74, 6) is -3.35. The van der Waals surface area contributed by atoms with Crippen LogP contribution in [0.3, 0.4) is 0 Å². The molecule has 0 aromatic heterocycles. The van der Waals surface area contributed by atoms with Crippen molar-refractivity contribution in [2.24, 2.45) is 23.5 Å². The Hall–Kier alpha value is -4.78. The fourth-order valence-electron chi connectivity index (χ4n) is 6.02. The van der Waals surface area contributed by atoms with Crippen molar-refractivity contribution in [3.8, 4) is 0 Å². The van der Waals surface area contributed by atoms with Crippen LogP contribution < -0.4 is 32.3 Å². The highest BCUT2D eigenvalue weighted by Gasteiger charge is 2.32. The minimum absolute atomic E-state index is 0.00357. The van der Waals surface area contributed by atoms with Crippen molar-refractivity contribution in [1.29, 1.82) is 0 Å². The van der Waals surface area contributed by atoms with Crippen molar-refractivity contribution < 1.29 is 33.9 Å². The molecule has 0 saturated carbocycles. The van der Waals surface area contributed by atoms with Gasteiger partial charge in [-0.3, -0.25) is 28.8 Å². The van der Waals surface area contributed by atoms with Gasteiger partial charge in [-0.2, -0.15) is 0 Å². The van der Waals surface area contributed by atoms with Gasteiger partial charge in [0.1, 0.15) is 24.2 Å². The smallest absolute Gasteiger partial charge is 0.243 e. The van der Waals surface area contributed by atoms with Gasteiger partial charge in [0.15, 0.2) is 0 Å². The summed E-state index contributed by atoms with van der Waals surface area (Å²) < 4.78 is 0. The number of hydrogen-bond donors (Lipinski definition) is 7. The summed E-state index contributed by atoms with van der Waals surface area (Å²) in [6.07, 6.45) is -0.495. The van der Waals surface area contributed by atoms with Crippen molar-refractivity contribution in [2.45, 2.75) is 123 Å². The fourth-order valence-corrected chi connectivity index (χ4v) is 6.02. The van der Waals surface area contributed by atoms with Crippen LogP contribution in [-0.2, 0) is 41.6 Å². The van der Waals surface area contributed by atoms with Gasteiger partial charge >= 0.3 is 0 Å². The van der Waals surface area contributed by atoms with E-state index in [0.717, 1.165) is 11.1 Å². The molecular formula is C40H60N6O7. The molecule has 6 atom stereocenters. The van der Waals surface area contributed by atoms with Crippen LogP contribution in [0.15, 0.2) is 60.7 Å². The third-order valence-electron chi connectivity index (χ3n) is 8.53. The molecule has 53 heavy (non-hydrogen) atoms. The summed E-state index contributed by atoms with van der Waals surface area (Å²) in [6, 6.07) is 13.5. The Bertz CT molecular complexity index is 1480. The minimum atomic E-state index is -1.33. The molecule has 0 aliphatic carbocycles. The minimum Gasteiger partial charge on any atom is -0.390 e. The third kappa shape index (κ3) is 17.1. The Morgan fingerprint density at radius 1 is 0.566 bits per heavy atom. The predicted molar refractivity (Wildman–Crippen MR) is 204 cm³/mol. The molecule has 0 saturated heterocycles. The van der Waals surface area contributed by atoms with E-state index in [1.54, 1.807) is 0 Å². The highest BCUT2D eigenvalue weighted by atomic mass is 16.3. The van der Waals surface area contributed by atoms with E-state index in [0.29, 0.717) is 6.42 Å². The highest BCUT2D eigenvalue weighted by Crippen LogP contribution is 2.15. The number of primary amides is 1. The zero-order valence-corrected chi connectivity index (χ0v) is 32.2. The molecule has 8 N–H and O–H groups in total. The first kappa shape index (κ1) is 44.4. The first-order valence-corrected chi connectivity index (χ1v) is 18.5. The van der Waals surface area contributed by atoms with E-state index < -0.39 is 78.2 Å². The average molecular weight is 737 g/mol. The number of aliphatic hydroxyl groups excluding tert-OH is 1. The monoisotopic (exact) mass is 736 g/mol. The standard InChI is InChI=1S/C40H60N6O7/c1-24(2)18-30(44-39(52)33(20-26(5)6)46-40(53)34(42-27(7)47)22-29-16-12-9-13-17-29)35(48)23-36(49)43-32(19-25(3)4)38(51)45-31(37(41)50)21-28-14-10-8-11-15-28/h8-17,24-26,30-35,48H,18-23H2,1-7H3,(H2,41,50)(H,42,47)(H,43,49)(H,44,52)(H,45,51)(H,46,53)/t30-,31-,32-,33-,34-,35-/m0/s1. The Morgan fingerprint density at radius 2 is 0.981 bits per heavy atom. The van der Waals surface area contributed by atoms with E-state index in [2.05, 4.69) is 26.6 Å². The van der Waals surface area contributed by atoms with Gasteiger partial charge in [-0.15, -0.1) is 0 Å². The number of rotatable bonds is 22. The van der Waals surface area contributed by atoms with Crippen LogP contribution in [-0.4, -0.2) is 76.9 Å². The Kier molecular flexibility index (Phi) is 18.7. The summed E-state index contributed by atoms with van der Waals surface area (Å²) in [5, 5.41) is 25.0. The summed E-state index contributed by atoms with van der Waals surface area (Å²) in [5.41, 5.74) is 7.24. The van der Waals surface area contributed by atoms with Gasteiger partial charge in [0.25, 0.3) is 0 Å². The number of benzene rings is 2. The molecule has 0 bridgehead atoms. The van der Waals surface area contributed by atoms with Crippen molar-refractivity contribution in [2.75, 3.05) is 0 Å². The van der Waals surface area contributed by atoms with Crippen molar-refractivity contribution in [1.82, 2.24) is 26.6 Å². The quantitative estimate of drug-likeness (QED) is 0.0959. The molecule has 13 heteroatoms. The fraction of sp³-hybridized carbons (Fsp3) is 0.550. The van der Waals surface area contributed by atoms with Crippen LogP contribution in [0, 0.1) is 17.8 Å². The van der Waals surface area contributed by atoms with Crippen LogP contribution in [0.5, 0.6) is 0 Å². The lowest BCUT2D eigenvalue weighted by atomic mass is 9.95. The number of nitrogens with one attached hydrogen (secondary N) is 5. The topological polar surface area (TPSA) is 209 Å². The van der Waals surface area contributed by atoms with Crippen LogP contribution >= 0.6 is 0 Å². The third-order valence-corrected chi connectivity index (χ3v) is 8.53. The number of carbonyl (C=O) groups excluding carboxylic acids is 6. The van der Waals surface area contributed by atoms with Gasteiger partial charge in [0.2, 0.25) is 35.4 Å². The summed E-state index contributed by atoms with van der Waals surface area (Å²) in [6.45, 7) is 12.7. The second kappa shape index (κ2) is 22.3. The van der Waals surface area contributed by atoms with Crippen LogP contribution in [0.25, 0.3) is 0 Å². The van der Waals surface area contributed by atoms with E-state index in [1.807, 2.05) is 102 Å². The molecule has 292 valence electrons. The number of nitrogens with two attached hydrogens (primary N) is 1. The van der Waals surface area contributed by atoms with Crippen LogP contribution in [0.4, 0.5) is 0 Å². The molecule has 6 amide bonds. The lowest BCUT2D eigenvalue weighted by Gasteiger charge is -2.30. The van der Waals surface area contributed by atoms with Crippen LogP contribution in [0.2, 0.25) is 0 Å². The van der Waals surface area contributed by atoms with Crippen LogP contribution in [0.1, 0.15) is 85.3 Å². The predicted octanol–water partition coefficient (Wildman–Crippen LogP) is 2.29. The molecule has 2 rings (SSSR count). The van der Waals surface area contributed by atoms with Gasteiger partial charge in [0, 0.05) is 19.8 Å². The largest absolute Gasteiger partial charge is 0.390 e. The zero-order valence-electron chi connectivity index (χ0n) is 32.2. The van der Waals surface area contributed by atoms with Gasteiger partial charge in [0.05, 0.1) is 18.6 Å². The maximum Gasteiger partial charge on any atom is 0.243 e. The highest BCUT2D eigenvalue weighted by molar-refractivity contribution is 5.93. The molecule has 0 radical (unpaired) electrons. The number of carbonyl (C=O) groups is 6. The van der Waals surface area contributed by atoms with Crippen molar-refractivity contribution in [3.05, 3.63) is 71.8 Å². The molecule has 13 nitrogen and oxygen atoms in total. The number of amides is 6. The Morgan fingerprint density at radius 3 is 1.43 bits per heavy atom. The lowest BCUT2D eigenvalue weighted by molar-refractivity contribution is -0.133. The van der Waals surface area contributed by atoms with Crippen molar-refractivity contribution in [3.63, 3.8) is 0 Å². The van der Waals surface area contributed by atoms with Crippen molar-refractivity contribution >= 4 is 35.4 Å². The molecule has 0 heterocycles. The molecule has 0 aliphatic heterocycles. The molecule has 0 aliphatic rings. The maximum atomic E-state index is 13.8. The maximum absolute atomic E-state index is 13.8. The summed E-state index contributed by atoms with van der Waals surface area (Å²) >= 11 is 0. The molecule has 0 fully saturated rings. The van der Waals surface area contributed by atoms with E-state index in [9.17, 15) is 33.9 Å². The normalized spacial score (nSPS) is 14.7.